The Labute approximate surface area is 112 Å². The van der Waals surface area contributed by atoms with Crippen molar-refractivity contribution in [2.75, 3.05) is 6.54 Å². The van der Waals surface area contributed by atoms with Crippen LogP contribution in [0, 0.1) is 13.8 Å². The molecule has 0 radical (unpaired) electrons. The molecule has 2 aromatic rings. The summed E-state index contributed by atoms with van der Waals surface area (Å²) in [6.07, 6.45) is 2.71. The molecule has 4 heteroatoms. The predicted molar refractivity (Wildman–Crippen MR) is 72.8 cm³/mol. The number of hydrogen-bond acceptors (Lipinski definition) is 3. The van der Waals surface area contributed by atoms with Gasteiger partial charge in [0, 0.05) is 13.0 Å². The summed E-state index contributed by atoms with van der Waals surface area (Å²) in [6.45, 7) is 4.42. The Morgan fingerprint density at radius 2 is 2.21 bits per heavy atom. The van der Waals surface area contributed by atoms with Gasteiger partial charge in [0.15, 0.2) is 5.89 Å². The number of amides is 1. The van der Waals surface area contributed by atoms with Gasteiger partial charge in [0.05, 0.1) is 12.6 Å². The maximum Gasteiger partial charge on any atom is 0.224 e. The molecule has 1 N–H and O–H groups in total. The van der Waals surface area contributed by atoms with Crippen LogP contribution in [-0.4, -0.2) is 17.4 Å². The lowest BCUT2D eigenvalue weighted by atomic mass is 10.1. The van der Waals surface area contributed by atoms with Crippen LogP contribution in [0.2, 0.25) is 0 Å². The predicted octanol–water partition coefficient (Wildman–Crippen LogP) is 2.19. The van der Waals surface area contributed by atoms with Gasteiger partial charge in [-0.3, -0.25) is 4.79 Å². The molecule has 19 heavy (non-hydrogen) atoms. The molecule has 2 rings (SSSR count). The lowest BCUT2D eigenvalue weighted by molar-refractivity contribution is -0.120. The van der Waals surface area contributed by atoms with Crippen LogP contribution in [0.1, 0.15) is 22.8 Å². The van der Waals surface area contributed by atoms with E-state index in [1.807, 2.05) is 38.1 Å². The van der Waals surface area contributed by atoms with Gasteiger partial charge in [-0.25, -0.2) is 4.98 Å². The summed E-state index contributed by atoms with van der Waals surface area (Å²) in [6, 6.07) is 7.97. The summed E-state index contributed by atoms with van der Waals surface area (Å²) in [5, 5.41) is 2.87. The first-order valence-electron chi connectivity index (χ1n) is 6.37. The summed E-state index contributed by atoms with van der Waals surface area (Å²) < 4.78 is 5.34. The summed E-state index contributed by atoms with van der Waals surface area (Å²) >= 11 is 0. The van der Waals surface area contributed by atoms with Crippen LogP contribution in [0.3, 0.4) is 0 Å². The Morgan fingerprint density at radius 3 is 2.89 bits per heavy atom. The first-order valence-corrected chi connectivity index (χ1v) is 6.37. The van der Waals surface area contributed by atoms with Crippen LogP contribution in [0.4, 0.5) is 0 Å². The highest BCUT2D eigenvalue weighted by molar-refractivity contribution is 5.78. The van der Waals surface area contributed by atoms with Crippen molar-refractivity contribution >= 4 is 5.91 Å². The molecule has 0 fully saturated rings. The van der Waals surface area contributed by atoms with Crippen LogP contribution in [0.25, 0.3) is 0 Å². The summed E-state index contributed by atoms with van der Waals surface area (Å²) in [4.78, 5) is 15.8. The van der Waals surface area contributed by atoms with Crippen molar-refractivity contribution < 1.29 is 9.21 Å². The Bertz CT molecular complexity index is 561. The summed E-state index contributed by atoms with van der Waals surface area (Å²) in [7, 11) is 0. The number of oxazole rings is 1. The Morgan fingerprint density at radius 1 is 1.37 bits per heavy atom. The van der Waals surface area contributed by atoms with E-state index in [-0.39, 0.29) is 5.91 Å². The minimum absolute atomic E-state index is 0.0221. The molecule has 1 amide bonds. The average molecular weight is 258 g/mol. The SMILES string of the molecule is Cc1cccc(CC(=O)NCCc2ncc(C)o2)c1. The van der Waals surface area contributed by atoms with Crippen LogP contribution >= 0.6 is 0 Å². The van der Waals surface area contributed by atoms with E-state index >= 15 is 0 Å². The van der Waals surface area contributed by atoms with Gasteiger partial charge < -0.3 is 9.73 Å². The summed E-state index contributed by atoms with van der Waals surface area (Å²) in [5.74, 6) is 1.48. The third-order valence-electron chi connectivity index (χ3n) is 2.78. The molecule has 0 spiro atoms. The number of benzene rings is 1. The Kier molecular flexibility index (Phi) is 4.34. The molecule has 1 heterocycles. The highest BCUT2D eigenvalue weighted by Gasteiger charge is 2.05. The zero-order valence-corrected chi connectivity index (χ0v) is 11.3. The largest absolute Gasteiger partial charge is 0.446 e. The number of hydrogen-bond donors (Lipinski definition) is 1. The zero-order valence-electron chi connectivity index (χ0n) is 11.3. The normalized spacial score (nSPS) is 10.4. The maximum atomic E-state index is 11.8. The number of aryl methyl sites for hydroxylation is 2. The van der Waals surface area contributed by atoms with Gasteiger partial charge in [-0.2, -0.15) is 0 Å². The van der Waals surface area contributed by atoms with E-state index in [9.17, 15) is 4.79 Å². The monoisotopic (exact) mass is 258 g/mol. The van der Waals surface area contributed by atoms with Crippen molar-refractivity contribution in [3.63, 3.8) is 0 Å². The van der Waals surface area contributed by atoms with Crippen LogP contribution in [0.15, 0.2) is 34.9 Å². The van der Waals surface area contributed by atoms with Crippen molar-refractivity contribution in [1.29, 1.82) is 0 Å². The van der Waals surface area contributed by atoms with E-state index in [4.69, 9.17) is 4.42 Å². The van der Waals surface area contributed by atoms with Gasteiger partial charge in [-0.05, 0) is 19.4 Å². The minimum atomic E-state index is 0.0221. The first kappa shape index (κ1) is 13.3. The van der Waals surface area contributed by atoms with Crippen molar-refractivity contribution in [1.82, 2.24) is 10.3 Å². The second-order valence-electron chi connectivity index (χ2n) is 4.63. The molecular weight excluding hydrogens is 240 g/mol. The van der Waals surface area contributed by atoms with E-state index in [0.717, 1.165) is 11.3 Å². The van der Waals surface area contributed by atoms with Crippen molar-refractivity contribution in [2.24, 2.45) is 0 Å². The van der Waals surface area contributed by atoms with E-state index in [1.54, 1.807) is 6.20 Å². The highest BCUT2D eigenvalue weighted by Crippen LogP contribution is 2.05. The molecule has 0 saturated heterocycles. The number of nitrogens with one attached hydrogen (secondary N) is 1. The fourth-order valence-electron chi connectivity index (χ4n) is 1.90. The second kappa shape index (κ2) is 6.18. The topological polar surface area (TPSA) is 55.1 Å². The molecule has 0 aliphatic rings. The standard InChI is InChI=1S/C15H18N2O2/c1-11-4-3-5-13(8-11)9-14(18)16-7-6-15-17-10-12(2)19-15/h3-5,8,10H,6-7,9H2,1-2H3,(H,16,18). The third kappa shape index (κ3) is 4.25. The highest BCUT2D eigenvalue weighted by atomic mass is 16.4. The molecule has 0 atom stereocenters. The quantitative estimate of drug-likeness (QED) is 0.894. The van der Waals surface area contributed by atoms with Crippen molar-refractivity contribution in [2.45, 2.75) is 26.7 Å². The van der Waals surface area contributed by atoms with Gasteiger partial charge in [0.1, 0.15) is 5.76 Å². The number of nitrogens with zero attached hydrogens (tertiary/aromatic N) is 1. The summed E-state index contributed by atoms with van der Waals surface area (Å²) in [5.41, 5.74) is 2.20. The van der Waals surface area contributed by atoms with Gasteiger partial charge >= 0.3 is 0 Å². The van der Waals surface area contributed by atoms with Crippen molar-refractivity contribution in [3.8, 4) is 0 Å². The molecule has 1 aromatic heterocycles. The molecule has 0 bridgehead atoms. The molecule has 4 nitrogen and oxygen atoms in total. The van der Waals surface area contributed by atoms with Gasteiger partial charge in [0.2, 0.25) is 5.91 Å². The van der Waals surface area contributed by atoms with Crippen molar-refractivity contribution in [3.05, 3.63) is 53.2 Å². The lowest BCUT2D eigenvalue weighted by Crippen LogP contribution is -2.27. The number of carbonyl (C=O) groups excluding carboxylic acids is 1. The van der Waals surface area contributed by atoms with Gasteiger partial charge in [-0.15, -0.1) is 0 Å². The number of rotatable bonds is 5. The van der Waals surface area contributed by atoms with E-state index in [2.05, 4.69) is 10.3 Å². The maximum absolute atomic E-state index is 11.8. The first-order chi connectivity index (χ1) is 9.13. The van der Waals surface area contributed by atoms with Crippen LogP contribution < -0.4 is 5.32 Å². The third-order valence-corrected chi connectivity index (χ3v) is 2.78. The Balaban J connectivity index is 1.76. The van der Waals surface area contributed by atoms with E-state index < -0.39 is 0 Å². The lowest BCUT2D eigenvalue weighted by Gasteiger charge is -2.04. The fraction of sp³-hybridized carbons (Fsp3) is 0.333. The molecule has 100 valence electrons. The molecule has 0 aliphatic heterocycles. The molecule has 0 saturated carbocycles. The van der Waals surface area contributed by atoms with E-state index in [0.29, 0.717) is 25.3 Å². The smallest absolute Gasteiger partial charge is 0.224 e. The number of carbonyl (C=O) groups is 1. The zero-order chi connectivity index (χ0) is 13.7. The molecule has 0 aliphatic carbocycles. The van der Waals surface area contributed by atoms with Crippen LogP contribution in [0.5, 0.6) is 0 Å². The molecule has 1 aromatic carbocycles. The Hall–Kier alpha value is -2.10. The average Bonchev–Trinajstić information content (AvgIpc) is 2.75. The number of aromatic nitrogens is 1. The minimum Gasteiger partial charge on any atom is -0.446 e. The van der Waals surface area contributed by atoms with Gasteiger partial charge in [-0.1, -0.05) is 29.8 Å². The van der Waals surface area contributed by atoms with Gasteiger partial charge in [0.25, 0.3) is 0 Å². The molecule has 0 unspecified atom stereocenters. The second-order valence-corrected chi connectivity index (χ2v) is 4.63. The fourth-order valence-corrected chi connectivity index (χ4v) is 1.90. The van der Waals surface area contributed by atoms with E-state index in [1.165, 1.54) is 5.56 Å². The van der Waals surface area contributed by atoms with Crippen LogP contribution in [-0.2, 0) is 17.6 Å². The molecular formula is C15H18N2O2.